The molecule has 2 aliphatic heterocycles. The first-order chi connectivity index (χ1) is 8.25. The quantitative estimate of drug-likeness (QED) is 0.794. The van der Waals surface area contributed by atoms with Crippen LogP contribution in [0.1, 0.15) is 12.0 Å². The second-order valence-corrected chi connectivity index (χ2v) is 5.30. The highest BCUT2D eigenvalue weighted by Gasteiger charge is 2.32. The van der Waals surface area contributed by atoms with Gasteiger partial charge in [-0.25, -0.2) is 0 Å². The Bertz CT molecular complexity index is 424. The zero-order valence-electron chi connectivity index (χ0n) is 9.69. The van der Waals surface area contributed by atoms with Crippen molar-refractivity contribution in [2.24, 2.45) is 0 Å². The summed E-state index contributed by atoms with van der Waals surface area (Å²) in [6, 6.07) is 6.28. The number of anilines is 1. The first kappa shape index (κ1) is 11.3. The van der Waals surface area contributed by atoms with E-state index < -0.39 is 0 Å². The van der Waals surface area contributed by atoms with Gasteiger partial charge in [0.25, 0.3) is 0 Å². The largest absolute Gasteiger partial charge is 0.390 e. The smallest absolute Gasteiger partial charge is 0.0879 e. The molecule has 0 radical (unpaired) electrons. The Balaban J connectivity index is 1.93. The van der Waals surface area contributed by atoms with E-state index in [1.807, 2.05) is 6.07 Å². The fourth-order valence-corrected chi connectivity index (χ4v) is 3.10. The Labute approximate surface area is 106 Å². The fraction of sp³-hybridized carbons (Fsp3) is 0.538. The Morgan fingerprint density at radius 2 is 2.24 bits per heavy atom. The van der Waals surface area contributed by atoms with Crippen molar-refractivity contribution in [2.75, 3.05) is 24.5 Å². The number of nitrogens with one attached hydrogen (secondary N) is 1. The first-order valence-electron chi connectivity index (χ1n) is 6.19. The van der Waals surface area contributed by atoms with Crippen LogP contribution in [0, 0.1) is 0 Å². The van der Waals surface area contributed by atoms with Gasteiger partial charge >= 0.3 is 0 Å². The van der Waals surface area contributed by atoms with E-state index >= 15 is 0 Å². The summed E-state index contributed by atoms with van der Waals surface area (Å²) in [5.74, 6) is 0. The van der Waals surface area contributed by atoms with Crippen LogP contribution in [0.4, 0.5) is 5.69 Å². The van der Waals surface area contributed by atoms with Crippen LogP contribution in [-0.2, 0) is 6.42 Å². The number of β-amino-alcohol motifs (C(OH)–C–C–N with tert-alkyl or cyclic N) is 1. The van der Waals surface area contributed by atoms with Crippen LogP contribution < -0.4 is 10.2 Å². The number of hydrogen-bond donors (Lipinski definition) is 2. The predicted octanol–water partition coefficient (Wildman–Crippen LogP) is 1.43. The van der Waals surface area contributed by atoms with Crippen LogP contribution in [0.3, 0.4) is 0 Å². The van der Waals surface area contributed by atoms with E-state index in [4.69, 9.17) is 11.6 Å². The molecule has 0 aromatic heterocycles. The van der Waals surface area contributed by atoms with Crippen molar-refractivity contribution in [3.8, 4) is 0 Å². The van der Waals surface area contributed by atoms with Gasteiger partial charge in [-0.05, 0) is 36.6 Å². The lowest BCUT2D eigenvalue weighted by Crippen LogP contribution is -2.45. The second-order valence-electron chi connectivity index (χ2n) is 4.86. The maximum absolute atomic E-state index is 9.99. The topological polar surface area (TPSA) is 35.5 Å². The Hall–Kier alpha value is -0.770. The summed E-state index contributed by atoms with van der Waals surface area (Å²) in [6.45, 7) is 2.59. The SMILES string of the molecule is OC1CNCC1N1CCCc2cc(Cl)ccc21. The van der Waals surface area contributed by atoms with Crippen LogP contribution in [0.5, 0.6) is 0 Å². The molecule has 1 saturated heterocycles. The molecule has 3 nitrogen and oxygen atoms in total. The molecule has 4 heteroatoms. The molecule has 2 atom stereocenters. The van der Waals surface area contributed by atoms with Gasteiger partial charge in [-0.2, -0.15) is 0 Å². The Morgan fingerprint density at radius 3 is 3.00 bits per heavy atom. The second kappa shape index (κ2) is 4.48. The van der Waals surface area contributed by atoms with Crippen molar-refractivity contribution in [3.05, 3.63) is 28.8 Å². The minimum Gasteiger partial charge on any atom is -0.390 e. The van der Waals surface area contributed by atoms with Crippen LogP contribution in [0.25, 0.3) is 0 Å². The fourth-order valence-electron chi connectivity index (χ4n) is 2.91. The molecule has 92 valence electrons. The maximum Gasteiger partial charge on any atom is 0.0879 e. The van der Waals surface area contributed by atoms with E-state index in [0.29, 0.717) is 6.54 Å². The van der Waals surface area contributed by atoms with Gasteiger partial charge in [0.2, 0.25) is 0 Å². The number of rotatable bonds is 1. The molecule has 17 heavy (non-hydrogen) atoms. The average molecular weight is 253 g/mol. The summed E-state index contributed by atoms with van der Waals surface area (Å²) in [6.07, 6.45) is 1.95. The number of benzene rings is 1. The first-order valence-corrected chi connectivity index (χ1v) is 6.57. The minimum atomic E-state index is -0.267. The summed E-state index contributed by atoms with van der Waals surface area (Å²) in [5.41, 5.74) is 2.55. The summed E-state index contributed by atoms with van der Waals surface area (Å²) >= 11 is 6.03. The van der Waals surface area contributed by atoms with Gasteiger partial charge in [0.1, 0.15) is 0 Å². The maximum atomic E-state index is 9.99. The van der Waals surface area contributed by atoms with Gasteiger partial charge in [-0.3, -0.25) is 0 Å². The molecule has 2 heterocycles. The lowest BCUT2D eigenvalue weighted by molar-refractivity contribution is 0.174. The molecule has 2 N–H and O–H groups in total. The Kier molecular flexibility index (Phi) is 2.99. The standard InChI is InChI=1S/C13H17ClN2O/c14-10-3-4-11-9(6-10)2-1-5-16(11)12-7-15-8-13(12)17/h3-4,6,12-13,15,17H,1-2,5,7-8H2. The van der Waals surface area contributed by atoms with E-state index in [-0.39, 0.29) is 12.1 Å². The molecule has 2 aliphatic rings. The van der Waals surface area contributed by atoms with Crippen LogP contribution in [-0.4, -0.2) is 36.9 Å². The van der Waals surface area contributed by atoms with Crippen LogP contribution >= 0.6 is 11.6 Å². The minimum absolute atomic E-state index is 0.204. The van der Waals surface area contributed by atoms with E-state index in [1.54, 1.807) is 0 Å². The van der Waals surface area contributed by atoms with Gasteiger partial charge in [-0.1, -0.05) is 11.6 Å². The molecule has 0 aliphatic carbocycles. The normalized spacial score (nSPS) is 28.2. The number of nitrogens with zero attached hydrogens (tertiary/aromatic N) is 1. The summed E-state index contributed by atoms with van der Waals surface area (Å²) in [5, 5.41) is 14.0. The molecule has 0 amide bonds. The highest BCUT2D eigenvalue weighted by Crippen LogP contribution is 2.32. The van der Waals surface area contributed by atoms with Gasteiger partial charge in [-0.15, -0.1) is 0 Å². The highest BCUT2D eigenvalue weighted by molar-refractivity contribution is 6.30. The molecule has 3 rings (SSSR count). The summed E-state index contributed by atoms with van der Waals surface area (Å²) in [7, 11) is 0. The van der Waals surface area contributed by atoms with Crippen LogP contribution in [0.15, 0.2) is 18.2 Å². The number of aliphatic hydroxyl groups excluding tert-OH is 1. The zero-order valence-corrected chi connectivity index (χ0v) is 10.5. The van der Waals surface area contributed by atoms with E-state index in [1.165, 1.54) is 11.3 Å². The molecule has 1 aromatic carbocycles. The summed E-state index contributed by atoms with van der Waals surface area (Å²) in [4.78, 5) is 2.33. The zero-order chi connectivity index (χ0) is 11.8. The van der Waals surface area contributed by atoms with E-state index in [0.717, 1.165) is 31.0 Å². The van der Waals surface area contributed by atoms with Crippen molar-refractivity contribution in [3.63, 3.8) is 0 Å². The molecule has 2 unspecified atom stereocenters. The molecule has 1 aromatic rings. The van der Waals surface area contributed by atoms with Gasteiger partial charge in [0, 0.05) is 30.3 Å². The van der Waals surface area contributed by atoms with Gasteiger partial charge < -0.3 is 15.3 Å². The lowest BCUT2D eigenvalue weighted by atomic mass is 9.99. The molecule has 0 saturated carbocycles. The third-order valence-corrected chi connectivity index (χ3v) is 3.98. The van der Waals surface area contributed by atoms with Crippen molar-refractivity contribution in [1.82, 2.24) is 5.32 Å². The third kappa shape index (κ3) is 2.03. The monoisotopic (exact) mass is 252 g/mol. The van der Waals surface area contributed by atoms with Crippen molar-refractivity contribution in [1.29, 1.82) is 0 Å². The average Bonchev–Trinajstić information content (AvgIpc) is 2.74. The summed E-state index contributed by atoms with van der Waals surface area (Å²) < 4.78 is 0. The highest BCUT2D eigenvalue weighted by atomic mass is 35.5. The van der Waals surface area contributed by atoms with Crippen molar-refractivity contribution >= 4 is 17.3 Å². The number of aliphatic hydroxyl groups is 1. The van der Waals surface area contributed by atoms with Gasteiger partial charge in [0.15, 0.2) is 0 Å². The number of halogens is 1. The lowest BCUT2D eigenvalue weighted by Gasteiger charge is -2.37. The molecule has 1 fully saturated rings. The number of fused-ring (bicyclic) bond motifs is 1. The molecular formula is C13H17ClN2O. The van der Waals surface area contributed by atoms with Crippen molar-refractivity contribution in [2.45, 2.75) is 25.0 Å². The van der Waals surface area contributed by atoms with Crippen LogP contribution in [0.2, 0.25) is 5.02 Å². The molecule has 0 bridgehead atoms. The number of hydrogen-bond acceptors (Lipinski definition) is 3. The number of aryl methyl sites for hydroxylation is 1. The van der Waals surface area contributed by atoms with Crippen molar-refractivity contribution < 1.29 is 5.11 Å². The van der Waals surface area contributed by atoms with E-state index in [2.05, 4.69) is 22.3 Å². The third-order valence-electron chi connectivity index (χ3n) is 3.75. The molecular weight excluding hydrogens is 236 g/mol. The predicted molar refractivity (Wildman–Crippen MR) is 69.8 cm³/mol. The van der Waals surface area contributed by atoms with E-state index in [9.17, 15) is 5.11 Å². The molecule has 0 spiro atoms. The van der Waals surface area contributed by atoms with Gasteiger partial charge in [0.05, 0.1) is 12.1 Å². The Morgan fingerprint density at radius 1 is 1.35 bits per heavy atom.